The maximum Gasteiger partial charge on any atom is 0.285 e. The highest BCUT2D eigenvalue weighted by Crippen LogP contribution is 2.34. The van der Waals surface area contributed by atoms with Crippen LogP contribution in [-0.2, 0) is 10.2 Å². The van der Waals surface area contributed by atoms with Crippen molar-refractivity contribution in [1.29, 1.82) is 0 Å². The summed E-state index contributed by atoms with van der Waals surface area (Å²) in [7, 11) is 0. The summed E-state index contributed by atoms with van der Waals surface area (Å²) in [5, 5.41) is 2.04. The zero-order chi connectivity index (χ0) is 19.9. The molecule has 2 aromatic carbocycles. The van der Waals surface area contributed by atoms with Crippen LogP contribution in [0, 0.1) is 0 Å². The highest BCUT2D eigenvalue weighted by Gasteiger charge is 2.33. The topological polar surface area (TPSA) is 45.2 Å². The highest BCUT2D eigenvalue weighted by molar-refractivity contribution is 8.26. The quantitative estimate of drug-likeness (QED) is 0.423. The summed E-state index contributed by atoms with van der Waals surface area (Å²) in [5.74, 6) is -0.158. The lowest BCUT2D eigenvalue weighted by Crippen LogP contribution is -2.33. The Morgan fingerprint density at radius 2 is 1.82 bits per heavy atom. The van der Waals surface area contributed by atoms with Gasteiger partial charge >= 0.3 is 0 Å². The minimum Gasteiger partial charge on any atom is -0.266 e. The molecule has 0 atom stereocenters. The second kappa shape index (κ2) is 7.31. The zero-order valence-corrected chi connectivity index (χ0v) is 18.2. The SMILES string of the molecule is CC(C)(C)c1ccc(/C=C2/SC(=S)N(Nc3nc4ccccc4s3)C2=O)cc1. The molecule has 7 heteroatoms. The summed E-state index contributed by atoms with van der Waals surface area (Å²) in [4.78, 5) is 17.9. The fourth-order valence-electron chi connectivity index (χ4n) is 2.81. The van der Waals surface area contributed by atoms with Crippen LogP contribution in [0.3, 0.4) is 0 Å². The first-order valence-corrected chi connectivity index (χ1v) is 10.9. The van der Waals surface area contributed by atoms with Crippen LogP contribution < -0.4 is 5.43 Å². The number of carbonyl (C=O) groups is 1. The number of thiocarbonyl (C=S) groups is 1. The molecule has 0 saturated carbocycles. The van der Waals surface area contributed by atoms with Gasteiger partial charge in [0.15, 0.2) is 4.32 Å². The third kappa shape index (κ3) is 3.83. The average Bonchev–Trinajstić information content (AvgIpc) is 3.17. The van der Waals surface area contributed by atoms with Crippen LogP contribution in [-0.4, -0.2) is 20.2 Å². The summed E-state index contributed by atoms with van der Waals surface area (Å²) < 4.78 is 1.53. The predicted molar refractivity (Wildman–Crippen MR) is 123 cm³/mol. The van der Waals surface area contributed by atoms with Crippen LogP contribution in [0.2, 0.25) is 0 Å². The number of para-hydroxylation sites is 1. The fourth-order valence-corrected chi connectivity index (χ4v) is 4.84. The maximum absolute atomic E-state index is 12.8. The number of anilines is 1. The maximum atomic E-state index is 12.8. The Hall–Kier alpha value is -2.22. The molecule has 28 heavy (non-hydrogen) atoms. The lowest BCUT2D eigenvalue weighted by Gasteiger charge is -2.18. The molecule has 1 N–H and O–H groups in total. The molecule has 4 rings (SSSR count). The van der Waals surface area contributed by atoms with Gasteiger partial charge in [-0.3, -0.25) is 10.2 Å². The number of nitrogens with zero attached hydrogens (tertiary/aromatic N) is 2. The Morgan fingerprint density at radius 1 is 1.11 bits per heavy atom. The standard InChI is InChI=1S/C21H19N3OS3/c1-21(2,3)14-10-8-13(9-11-14)12-17-18(25)24(20(26)28-17)23-19-22-15-6-4-5-7-16(15)27-19/h4-12H,1-3H3,(H,22,23)/b17-12+. The van der Waals surface area contributed by atoms with Crippen molar-refractivity contribution in [1.82, 2.24) is 9.99 Å². The van der Waals surface area contributed by atoms with E-state index in [1.807, 2.05) is 42.5 Å². The third-order valence-corrected chi connectivity index (χ3v) is 6.61. The van der Waals surface area contributed by atoms with Crippen LogP contribution in [0.4, 0.5) is 5.13 Å². The highest BCUT2D eigenvalue weighted by atomic mass is 32.2. The second-order valence-electron chi connectivity index (χ2n) is 7.49. The van der Waals surface area contributed by atoms with E-state index < -0.39 is 0 Å². The van der Waals surface area contributed by atoms with E-state index in [9.17, 15) is 4.79 Å². The smallest absolute Gasteiger partial charge is 0.266 e. The van der Waals surface area contributed by atoms with E-state index in [1.54, 1.807) is 0 Å². The molecule has 1 fully saturated rings. The fraction of sp³-hybridized carbons (Fsp3) is 0.190. The van der Waals surface area contributed by atoms with Crippen molar-refractivity contribution < 1.29 is 4.79 Å². The van der Waals surface area contributed by atoms with Gasteiger partial charge in [-0.1, -0.05) is 80.3 Å². The first kappa shape index (κ1) is 19.1. The van der Waals surface area contributed by atoms with E-state index in [0.29, 0.717) is 14.4 Å². The Labute approximate surface area is 177 Å². The summed E-state index contributed by atoms with van der Waals surface area (Å²) in [6.45, 7) is 6.54. The second-order valence-corrected chi connectivity index (χ2v) is 10.2. The van der Waals surface area contributed by atoms with E-state index >= 15 is 0 Å². The van der Waals surface area contributed by atoms with Crippen molar-refractivity contribution in [2.45, 2.75) is 26.2 Å². The van der Waals surface area contributed by atoms with Crippen molar-refractivity contribution in [2.24, 2.45) is 0 Å². The Kier molecular flexibility index (Phi) is 4.99. The Morgan fingerprint density at radius 3 is 2.50 bits per heavy atom. The van der Waals surface area contributed by atoms with Gasteiger partial charge in [0.25, 0.3) is 5.91 Å². The number of rotatable bonds is 3. The molecule has 1 amide bonds. The molecule has 0 unspecified atom stereocenters. The van der Waals surface area contributed by atoms with Crippen molar-refractivity contribution in [3.63, 3.8) is 0 Å². The van der Waals surface area contributed by atoms with Crippen molar-refractivity contribution in [3.05, 3.63) is 64.6 Å². The van der Waals surface area contributed by atoms with E-state index in [0.717, 1.165) is 15.8 Å². The van der Waals surface area contributed by atoms with Gasteiger partial charge in [-0.15, -0.1) is 0 Å². The number of hydrogen-bond donors (Lipinski definition) is 1. The van der Waals surface area contributed by atoms with E-state index in [4.69, 9.17) is 12.2 Å². The van der Waals surface area contributed by atoms with E-state index in [-0.39, 0.29) is 11.3 Å². The number of thioether (sulfide) groups is 1. The third-order valence-electron chi connectivity index (χ3n) is 4.37. The lowest BCUT2D eigenvalue weighted by atomic mass is 9.87. The van der Waals surface area contributed by atoms with Crippen LogP contribution in [0.1, 0.15) is 31.9 Å². The van der Waals surface area contributed by atoms with Crippen LogP contribution in [0.15, 0.2) is 53.4 Å². The van der Waals surface area contributed by atoms with Gasteiger partial charge in [-0.25, -0.2) is 4.98 Å². The summed E-state index contributed by atoms with van der Waals surface area (Å²) in [6.07, 6.45) is 1.88. The van der Waals surface area contributed by atoms with Crippen LogP contribution >= 0.6 is 35.3 Å². The number of carbonyl (C=O) groups excluding carboxylic acids is 1. The molecule has 142 valence electrons. The number of amides is 1. The van der Waals surface area contributed by atoms with Gasteiger partial charge in [0.1, 0.15) is 0 Å². The zero-order valence-electron chi connectivity index (χ0n) is 15.7. The summed E-state index contributed by atoms with van der Waals surface area (Å²) in [5.41, 5.74) is 6.30. The lowest BCUT2D eigenvalue weighted by molar-refractivity contribution is -0.121. The van der Waals surface area contributed by atoms with Crippen LogP contribution in [0.5, 0.6) is 0 Å². The molecule has 0 radical (unpaired) electrons. The molecular formula is C21H19N3OS3. The molecule has 0 bridgehead atoms. The molecule has 4 nitrogen and oxygen atoms in total. The molecule has 0 spiro atoms. The first-order valence-electron chi connectivity index (χ1n) is 8.82. The van der Waals surface area contributed by atoms with Gasteiger partial charge < -0.3 is 0 Å². The summed E-state index contributed by atoms with van der Waals surface area (Å²) in [6, 6.07) is 16.1. The largest absolute Gasteiger partial charge is 0.285 e. The number of hydrazine groups is 1. The number of benzene rings is 2. The van der Waals surface area contributed by atoms with E-state index in [1.165, 1.54) is 33.7 Å². The molecule has 1 aliphatic rings. The first-order chi connectivity index (χ1) is 13.3. The minimum atomic E-state index is -0.158. The average molecular weight is 426 g/mol. The van der Waals surface area contributed by atoms with Crippen molar-refractivity contribution >= 4 is 67.0 Å². The van der Waals surface area contributed by atoms with Gasteiger partial charge in [0.2, 0.25) is 5.13 Å². The molecule has 3 aromatic rings. The van der Waals surface area contributed by atoms with Crippen molar-refractivity contribution in [2.75, 3.05) is 5.43 Å². The molecule has 1 aliphatic heterocycles. The van der Waals surface area contributed by atoms with Gasteiger partial charge in [0, 0.05) is 0 Å². The van der Waals surface area contributed by atoms with Gasteiger partial charge in [-0.05, 0) is 47.0 Å². The molecule has 1 saturated heterocycles. The minimum absolute atomic E-state index is 0.100. The molecule has 0 aliphatic carbocycles. The van der Waals surface area contributed by atoms with Gasteiger partial charge in [0.05, 0.1) is 15.1 Å². The summed E-state index contributed by atoms with van der Waals surface area (Å²) >= 11 is 8.19. The number of nitrogens with one attached hydrogen (secondary N) is 1. The monoisotopic (exact) mass is 425 g/mol. The molecule has 1 aromatic heterocycles. The predicted octanol–water partition coefficient (Wildman–Crippen LogP) is 5.82. The Balaban J connectivity index is 1.54. The Bertz CT molecular complexity index is 1060. The number of aromatic nitrogens is 1. The van der Waals surface area contributed by atoms with Crippen molar-refractivity contribution in [3.8, 4) is 0 Å². The van der Waals surface area contributed by atoms with Gasteiger partial charge in [-0.2, -0.15) is 5.01 Å². The molecular weight excluding hydrogens is 406 g/mol. The number of fused-ring (bicyclic) bond motifs is 1. The van der Waals surface area contributed by atoms with E-state index in [2.05, 4.69) is 43.3 Å². The normalized spacial score (nSPS) is 16.4. The molecule has 2 heterocycles. The van der Waals surface area contributed by atoms with Crippen LogP contribution in [0.25, 0.3) is 16.3 Å². The number of thiazole rings is 1. The number of hydrogen-bond acceptors (Lipinski definition) is 6.